The minimum Gasteiger partial charge on any atom is -0.493 e. The third-order valence-electron chi connectivity index (χ3n) is 4.29. The summed E-state index contributed by atoms with van der Waals surface area (Å²) in [5.41, 5.74) is 0.869. The van der Waals surface area contributed by atoms with Crippen molar-refractivity contribution in [1.82, 2.24) is 10.2 Å². The van der Waals surface area contributed by atoms with E-state index in [1.165, 1.54) is 44.5 Å². The van der Waals surface area contributed by atoms with Gasteiger partial charge in [-0.25, -0.2) is 4.39 Å². The molecule has 1 heterocycles. The highest BCUT2D eigenvalue weighted by atomic mass is 32.1. The number of hydrogen-bond donors (Lipinski definition) is 2. The number of benzene rings is 2. The Kier molecular flexibility index (Phi) is 6.61. The lowest BCUT2D eigenvalue weighted by Gasteiger charge is -2.25. The summed E-state index contributed by atoms with van der Waals surface area (Å²) in [5, 5.41) is 5.05. The van der Waals surface area contributed by atoms with Gasteiger partial charge < -0.3 is 14.8 Å². The third-order valence-corrected chi connectivity index (χ3v) is 4.67. The van der Waals surface area contributed by atoms with Gasteiger partial charge in [0, 0.05) is 12.7 Å². The van der Waals surface area contributed by atoms with Gasteiger partial charge in [0.25, 0.3) is 17.7 Å². The maximum Gasteiger partial charge on any atom is 0.265 e. The number of hydrogen-bond acceptors (Lipinski definition) is 6. The Bertz CT molecular complexity index is 1080. The number of halogens is 1. The molecule has 3 rings (SSSR count). The number of anilines is 1. The molecule has 2 aromatic rings. The summed E-state index contributed by atoms with van der Waals surface area (Å²) in [6, 6.07) is 10.1. The van der Waals surface area contributed by atoms with Crippen molar-refractivity contribution < 1.29 is 28.2 Å². The molecule has 0 unspecified atom stereocenters. The number of methoxy groups -OCH3 is 1. The monoisotopic (exact) mass is 443 g/mol. The lowest BCUT2D eigenvalue weighted by molar-refractivity contribution is -0.128. The normalized spacial score (nSPS) is 15.0. The molecular weight excluding hydrogens is 425 g/mol. The van der Waals surface area contributed by atoms with E-state index >= 15 is 0 Å². The number of rotatable bonds is 6. The average Bonchev–Trinajstić information content (AvgIpc) is 2.75. The molecule has 0 aliphatic carbocycles. The summed E-state index contributed by atoms with van der Waals surface area (Å²) in [4.78, 5) is 37.6. The van der Waals surface area contributed by atoms with Crippen LogP contribution in [-0.4, -0.2) is 48.5 Å². The molecule has 1 fully saturated rings. The van der Waals surface area contributed by atoms with Gasteiger partial charge in [0.15, 0.2) is 23.2 Å². The van der Waals surface area contributed by atoms with Crippen molar-refractivity contribution in [3.63, 3.8) is 0 Å². The van der Waals surface area contributed by atoms with Crippen LogP contribution in [0.1, 0.15) is 5.56 Å². The summed E-state index contributed by atoms with van der Waals surface area (Å²) >= 11 is 4.91. The molecule has 3 amide bonds. The zero-order chi connectivity index (χ0) is 22.5. The number of ether oxygens (including phenoxy) is 2. The first-order valence-corrected chi connectivity index (χ1v) is 9.40. The van der Waals surface area contributed by atoms with Crippen molar-refractivity contribution in [3.05, 3.63) is 59.4 Å². The Morgan fingerprint density at radius 2 is 1.90 bits per heavy atom. The van der Waals surface area contributed by atoms with E-state index in [4.69, 9.17) is 21.7 Å². The topological polar surface area (TPSA) is 97.0 Å². The van der Waals surface area contributed by atoms with E-state index in [2.05, 4.69) is 10.6 Å². The SMILES string of the molecule is COc1cc(/C=C2\C(=O)NC(=S)N(C)C2=O)ccc1OCC(=O)Nc1ccc(F)cc1. The maximum absolute atomic E-state index is 12.9. The molecule has 2 aromatic carbocycles. The van der Waals surface area contributed by atoms with Crippen LogP contribution in [0.2, 0.25) is 0 Å². The highest BCUT2D eigenvalue weighted by Gasteiger charge is 2.30. The molecule has 0 atom stereocenters. The van der Waals surface area contributed by atoms with Crippen molar-refractivity contribution in [2.24, 2.45) is 0 Å². The highest BCUT2D eigenvalue weighted by molar-refractivity contribution is 7.80. The molecule has 160 valence electrons. The largest absolute Gasteiger partial charge is 0.493 e. The zero-order valence-corrected chi connectivity index (χ0v) is 17.4. The smallest absolute Gasteiger partial charge is 0.265 e. The number of thiocarbonyl (C=S) groups is 1. The Hall–Kier alpha value is -3.79. The second-order valence-corrected chi connectivity index (χ2v) is 6.82. The maximum atomic E-state index is 12.9. The van der Waals surface area contributed by atoms with Crippen LogP contribution in [0, 0.1) is 5.82 Å². The molecule has 1 aliphatic heterocycles. The van der Waals surface area contributed by atoms with E-state index in [-0.39, 0.29) is 23.0 Å². The van der Waals surface area contributed by atoms with Crippen LogP contribution in [0.25, 0.3) is 6.08 Å². The van der Waals surface area contributed by atoms with E-state index < -0.39 is 23.5 Å². The van der Waals surface area contributed by atoms with E-state index in [0.717, 1.165) is 4.90 Å². The standard InChI is InChI=1S/C21H18FN3O5S/c1-25-20(28)15(19(27)24-21(25)31)9-12-3-8-16(17(10-12)29-2)30-11-18(26)23-14-6-4-13(22)5-7-14/h3-10H,11H2,1-2H3,(H,23,26)(H,24,27,31)/b15-9+. The predicted molar refractivity (Wildman–Crippen MR) is 115 cm³/mol. The van der Waals surface area contributed by atoms with Crippen molar-refractivity contribution in [2.75, 3.05) is 26.1 Å². The first-order chi connectivity index (χ1) is 14.8. The summed E-state index contributed by atoms with van der Waals surface area (Å²) < 4.78 is 23.7. The Labute approximate surface area is 182 Å². The van der Waals surface area contributed by atoms with E-state index in [1.807, 2.05) is 0 Å². The van der Waals surface area contributed by atoms with Crippen LogP contribution in [0.3, 0.4) is 0 Å². The number of carbonyl (C=O) groups is 3. The van der Waals surface area contributed by atoms with Crippen molar-refractivity contribution in [3.8, 4) is 11.5 Å². The molecule has 0 aromatic heterocycles. The van der Waals surface area contributed by atoms with Gasteiger partial charge >= 0.3 is 0 Å². The van der Waals surface area contributed by atoms with E-state index in [0.29, 0.717) is 17.0 Å². The van der Waals surface area contributed by atoms with E-state index in [1.54, 1.807) is 18.2 Å². The predicted octanol–water partition coefficient (Wildman–Crippen LogP) is 2.11. The number of amides is 3. The molecule has 2 N–H and O–H groups in total. The average molecular weight is 443 g/mol. The van der Waals surface area contributed by atoms with Gasteiger partial charge in [-0.05, 0) is 60.3 Å². The molecule has 31 heavy (non-hydrogen) atoms. The molecule has 0 spiro atoms. The summed E-state index contributed by atoms with van der Waals surface area (Å²) in [5.74, 6) is -1.37. The lowest BCUT2D eigenvalue weighted by Crippen LogP contribution is -2.52. The van der Waals surface area contributed by atoms with Crippen LogP contribution in [-0.2, 0) is 14.4 Å². The molecule has 10 heteroatoms. The Balaban J connectivity index is 1.70. The molecule has 8 nitrogen and oxygen atoms in total. The zero-order valence-electron chi connectivity index (χ0n) is 16.6. The highest BCUT2D eigenvalue weighted by Crippen LogP contribution is 2.29. The van der Waals surface area contributed by atoms with Gasteiger partial charge in [0.1, 0.15) is 11.4 Å². The molecular formula is C21H18FN3O5S. The summed E-state index contributed by atoms with van der Waals surface area (Å²) in [6.45, 7) is -0.308. The minimum absolute atomic E-state index is 0.0346. The van der Waals surface area contributed by atoms with Crippen molar-refractivity contribution in [1.29, 1.82) is 0 Å². The fourth-order valence-electron chi connectivity index (χ4n) is 2.68. The van der Waals surface area contributed by atoms with Gasteiger partial charge in [-0.3, -0.25) is 24.6 Å². The Morgan fingerprint density at radius 1 is 1.19 bits per heavy atom. The fourth-order valence-corrected chi connectivity index (χ4v) is 2.85. The second-order valence-electron chi connectivity index (χ2n) is 6.44. The molecule has 1 aliphatic rings. The van der Waals surface area contributed by atoms with E-state index in [9.17, 15) is 18.8 Å². The van der Waals surface area contributed by atoms with Crippen molar-refractivity contribution >= 4 is 46.8 Å². The first-order valence-electron chi connectivity index (χ1n) is 9.00. The number of carbonyl (C=O) groups excluding carboxylic acids is 3. The number of nitrogens with zero attached hydrogens (tertiary/aromatic N) is 1. The number of likely N-dealkylation sites (N-methyl/N-ethyl adjacent to an activating group) is 1. The fraction of sp³-hybridized carbons (Fsp3) is 0.143. The van der Waals surface area contributed by atoms with Crippen LogP contribution in [0.15, 0.2) is 48.0 Å². The van der Waals surface area contributed by atoms with Crippen molar-refractivity contribution in [2.45, 2.75) is 0 Å². The first kappa shape index (κ1) is 21.9. The third kappa shape index (κ3) is 5.23. The number of nitrogens with one attached hydrogen (secondary N) is 2. The Morgan fingerprint density at radius 3 is 2.58 bits per heavy atom. The lowest BCUT2D eigenvalue weighted by atomic mass is 10.1. The quantitative estimate of drug-likeness (QED) is 0.403. The van der Waals surface area contributed by atoms with Gasteiger partial charge in [-0.2, -0.15) is 0 Å². The van der Waals surface area contributed by atoms with Crippen LogP contribution in [0.5, 0.6) is 11.5 Å². The van der Waals surface area contributed by atoms with Gasteiger partial charge in [0.2, 0.25) is 0 Å². The summed E-state index contributed by atoms with van der Waals surface area (Å²) in [7, 11) is 2.88. The van der Waals surface area contributed by atoms with Gasteiger partial charge in [-0.1, -0.05) is 6.07 Å². The van der Waals surface area contributed by atoms with Crippen LogP contribution in [0.4, 0.5) is 10.1 Å². The minimum atomic E-state index is -0.593. The van der Waals surface area contributed by atoms with Gasteiger partial charge in [0.05, 0.1) is 7.11 Å². The molecule has 1 saturated heterocycles. The summed E-state index contributed by atoms with van der Waals surface area (Å²) in [6.07, 6.45) is 1.41. The van der Waals surface area contributed by atoms with Crippen LogP contribution < -0.4 is 20.1 Å². The van der Waals surface area contributed by atoms with Crippen LogP contribution >= 0.6 is 12.2 Å². The molecule has 0 saturated carbocycles. The van der Waals surface area contributed by atoms with Gasteiger partial charge in [-0.15, -0.1) is 0 Å². The molecule has 0 bridgehead atoms. The second kappa shape index (κ2) is 9.35. The molecule has 0 radical (unpaired) electrons.